The number of nitrogens with one attached hydrogen (secondary N) is 1. The molecule has 2 unspecified atom stereocenters. The van der Waals surface area contributed by atoms with Crippen LogP contribution in [0.15, 0.2) is 72.8 Å². The number of para-hydroxylation sites is 2. The maximum atomic E-state index is 13.9. The molecule has 2 heterocycles. The van der Waals surface area contributed by atoms with Crippen LogP contribution in [0.4, 0.5) is 4.39 Å². The highest BCUT2D eigenvalue weighted by Crippen LogP contribution is 2.32. The minimum atomic E-state index is -0.765. The quantitative estimate of drug-likeness (QED) is 0.238. The first kappa shape index (κ1) is 22.0. The lowest BCUT2D eigenvalue weighted by atomic mass is 9.97. The number of fused-ring (bicyclic) bond motifs is 1. The number of halogens is 1. The zero-order chi connectivity index (χ0) is 23.7. The molecule has 4 aromatic rings. The number of hydrogen-bond acceptors (Lipinski definition) is 6. The molecule has 172 valence electrons. The molecule has 1 fully saturated rings. The number of Topliss-reactive ketones (excluding diaryl/α,β-unsaturated/α-hetero) is 1. The largest absolute Gasteiger partial charge is 0.506 e. The number of hydrogen-bond donors (Lipinski definition) is 2. The summed E-state index contributed by atoms with van der Waals surface area (Å²) in [6.07, 6.45) is -0.397. The van der Waals surface area contributed by atoms with Gasteiger partial charge in [0, 0.05) is 18.2 Å². The lowest BCUT2D eigenvalue weighted by molar-refractivity contribution is -0.223. The second-order valence-electron chi connectivity index (χ2n) is 7.77. The lowest BCUT2D eigenvalue weighted by Gasteiger charge is -2.13. The lowest BCUT2D eigenvalue weighted by Crippen LogP contribution is -2.10. The van der Waals surface area contributed by atoms with E-state index in [9.17, 15) is 14.3 Å². The van der Waals surface area contributed by atoms with Gasteiger partial charge in [0.15, 0.2) is 0 Å². The molecule has 1 aromatic heterocycles. The number of aromatic nitrogens is 2. The Kier molecular flexibility index (Phi) is 5.93. The Labute approximate surface area is 194 Å². The van der Waals surface area contributed by atoms with Crippen LogP contribution in [0.1, 0.15) is 33.4 Å². The third-order valence-electron chi connectivity index (χ3n) is 5.56. The molecule has 2 atom stereocenters. The van der Waals surface area contributed by atoms with E-state index in [1.807, 2.05) is 24.3 Å². The van der Waals surface area contributed by atoms with E-state index < -0.39 is 24.2 Å². The SMILES string of the molecule is COC1OCC(c2cccc(C(O)=C(C(=O)c3cccc(F)c3)c3nc4ccccc4[nH]3)c2)O1. The first-order valence-electron chi connectivity index (χ1n) is 10.6. The monoisotopic (exact) mass is 460 g/mol. The van der Waals surface area contributed by atoms with Gasteiger partial charge in [-0.15, -0.1) is 0 Å². The summed E-state index contributed by atoms with van der Waals surface area (Å²) >= 11 is 0. The maximum absolute atomic E-state index is 13.9. The molecule has 0 bridgehead atoms. The van der Waals surface area contributed by atoms with E-state index in [0.29, 0.717) is 16.6 Å². The second kappa shape index (κ2) is 9.18. The molecule has 0 spiro atoms. The van der Waals surface area contributed by atoms with Gasteiger partial charge < -0.3 is 24.3 Å². The summed E-state index contributed by atoms with van der Waals surface area (Å²) < 4.78 is 30.0. The number of carbonyl (C=O) groups is 1. The van der Waals surface area contributed by atoms with Gasteiger partial charge in [-0.2, -0.15) is 0 Å². The molecule has 34 heavy (non-hydrogen) atoms. The zero-order valence-electron chi connectivity index (χ0n) is 18.2. The Bertz CT molecular complexity index is 1360. The molecule has 1 aliphatic rings. The molecular formula is C26H21FN2O5. The molecule has 8 heteroatoms. The van der Waals surface area contributed by atoms with Crippen LogP contribution in [0.2, 0.25) is 0 Å². The van der Waals surface area contributed by atoms with Gasteiger partial charge in [0.2, 0.25) is 5.78 Å². The van der Waals surface area contributed by atoms with E-state index in [4.69, 9.17) is 14.2 Å². The number of methoxy groups -OCH3 is 1. The van der Waals surface area contributed by atoms with E-state index >= 15 is 0 Å². The Morgan fingerprint density at radius 1 is 1.09 bits per heavy atom. The number of allylic oxidation sites excluding steroid dienone is 1. The number of ketones is 1. The van der Waals surface area contributed by atoms with Crippen molar-refractivity contribution >= 4 is 28.1 Å². The number of rotatable bonds is 6. The molecule has 0 aliphatic carbocycles. The third kappa shape index (κ3) is 4.22. The molecule has 7 nitrogen and oxygen atoms in total. The predicted octanol–water partition coefficient (Wildman–Crippen LogP) is 5.03. The van der Waals surface area contributed by atoms with Gasteiger partial charge in [-0.1, -0.05) is 42.5 Å². The van der Waals surface area contributed by atoms with Crippen LogP contribution < -0.4 is 0 Å². The van der Waals surface area contributed by atoms with Crippen molar-refractivity contribution in [1.82, 2.24) is 9.97 Å². The van der Waals surface area contributed by atoms with E-state index in [0.717, 1.165) is 11.6 Å². The van der Waals surface area contributed by atoms with Crippen molar-refractivity contribution in [3.8, 4) is 0 Å². The van der Waals surface area contributed by atoms with Gasteiger partial charge in [-0.05, 0) is 35.9 Å². The van der Waals surface area contributed by atoms with Gasteiger partial charge in [-0.25, -0.2) is 9.37 Å². The Hall–Kier alpha value is -3.85. The minimum absolute atomic E-state index is 0.0719. The van der Waals surface area contributed by atoms with Crippen molar-refractivity contribution in [3.63, 3.8) is 0 Å². The van der Waals surface area contributed by atoms with Crippen molar-refractivity contribution < 1.29 is 28.5 Å². The van der Waals surface area contributed by atoms with E-state index in [1.54, 1.807) is 24.3 Å². The van der Waals surface area contributed by atoms with Crippen molar-refractivity contribution in [3.05, 3.63) is 101 Å². The van der Waals surface area contributed by atoms with Crippen LogP contribution >= 0.6 is 0 Å². The Morgan fingerprint density at radius 3 is 2.65 bits per heavy atom. The van der Waals surface area contributed by atoms with Gasteiger partial charge in [-0.3, -0.25) is 4.79 Å². The van der Waals surface area contributed by atoms with Crippen LogP contribution in [0.3, 0.4) is 0 Å². The topological polar surface area (TPSA) is 93.7 Å². The number of aliphatic hydroxyl groups is 1. The number of aliphatic hydroxyl groups excluding tert-OH is 1. The molecule has 3 aromatic carbocycles. The predicted molar refractivity (Wildman–Crippen MR) is 123 cm³/mol. The van der Waals surface area contributed by atoms with E-state index in [-0.39, 0.29) is 29.3 Å². The summed E-state index contributed by atoms with van der Waals surface area (Å²) in [4.78, 5) is 21.1. The first-order valence-corrected chi connectivity index (χ1v) is 10.6. The molecule has 2 N–H and O–H groups in total. The molecule has 1 aliphatic heterocycles. The van der Waals surface area contributed by atoms with Crippen LogP contribution in [0.5, 0.6) is 0 Å². The number of aromatic amines is 1. The smallest absolute Gasteiger partial charge is 0.272 e. The van der Waals surface area contributed by atoms with Gasteiger partial charge in [0.1, 0.15) is 29.1 Å². The Balaban J connectivity index is 1.62. The van der Waals surface area contributed by atoms with Crippen LogP contribution in [-0.2, 0) is 14.2 Å². The number of ether oxygens (including phenoxy) is 3. The summed E-state index contributed by atoms with van der Waals surface area (Å²) in [5.41, 5.74) is 2.47. The standard InChI is InChI=1S/C26H21FN2O5/c1-32-26-33-14-21(34-26)15-6-4-7-16(12-15)23(30)22(24(31)17-8-5-9-18(27)13-17)25-28-19-10-2-3-11-20(19)29-25/h2-13,21,26,30H,14H2,1H3,(H,28,29). The molecule has 0 amide bonds. The second-order valence-corrected chi connectivity index (χ2v) is 7.77. The number of imidazole rings is 1. The summed E-state index contributed by atoms with van der Waals surface area (Å²) in [6, 6.07) is 19.5. The number of benzene rings is 3. The van der Waals surface area contributed by atoms with Crippen molar-refractivity contribution in [2.24, 2.45) is 0 Å². The van der Waals surface area contributed by atoms with Gasteiger partial charge in [0.25, 0.3) is 6.48 Å². The minimum Gasteiger partial charge on any atom is -0.506 e. The average Bonchev–Trinajstić information content (AvgIpc) is 3.51. The highest BCUT2D eigenvalue weighted by molar-refractivity contribution is 6.33. The average molecular weight is 460 g/mol. The molecular weight excluding hydrogens is 439 g/mol. The fourth-order valence-electron chi connectivity index (χ4n) is 3.88. The Morgan fingerprint density at radius 2 is 1.88 bits per heavy atom. The molecule has 0 saturated carbocycles. The summed E-state index contributed by atoms with van der Waals surface area (Å²) in [5.74, 6) is -1.24. The summed E-state index contributed by atoms with van der Waals surface area (Å²) in [7, 11) is 1.48. The van der Waals surface area contributed by atoms with Crippen LogP contribution in [0.25, 0.3) is 22.4 Å². The van der Waals surface area contributed by atoms with Gasteiger partial charge in [0.05, 0.1) is 17.6 Å². The molecule has 0 radical (unpaired) electrons. The van der Waals surface area contributed by atoms with Crippen LogP contribution in [-0.4, -0.2) is 41.1 Å². The zero-order valence-corrected chi connectivity index (χ0v) is 18.2. The first-order chi connectivity index (χ1) is 16.5. The normalized spacial score (nSPS) is 18.8. The van der Waals surface area contributed by atoms with E-state index in [1.165, 1.54) is 25.3 Å². The van der Waals surface area contributed by atoms with Crippen molar-refractivity contribution in [2.75, 3.05) is 13.7 Å². The highest BCUT2D eigenvalue weighted by Gasteiger charge is 2.28. The highest BCUT2D eigenvalue weighted by atomic mass is 19.1. The van der Waals surface area contributed by atoms with Crippen molar-refractivity contribution in [1.29, 1.82) is 0 Å². The number of carbonyl (C=O) groups excluding carboxylic acids is 1. The molecule has 5 rings (SSSR count). The summed E-state index contributed by atoms with van der Waals surface area (Å²) in [5, 5.41) is 11.3. The van der Waals surface area contributed by atoms with Gasteiger partial charge >= 0.3 is 0 Å². The number of nitrogens with zero attached hydrogens (tertiary/aromatic N) is 1. The summed E-state index contributed by atoms with van der Waals surface area (Å²) in [6.45, 7) is -0.482. The maximum Gasteiger partial charge on any atom is 0.272 e. The third-order valence-corrected chi connectivity index (χ3v) is 5.56. The van der Waals surface area contributed by atoms with Crippen LogP contribution in [0, 0.1) is 5.82 Å². The fraction of sp³-hybridized carbons (Fsp3) is 0.154. The fourth-order valence-corrected chi connectivity index (χ4v) is 3.88. The van der Waals surface area contributed by atoms with Crippen molar-refractivity contribution in [2.45, 2.75) is 12.6 Å². The number of H-pyrrole nitrogens is 1. The van der Waals surface area contributed by atoms with E-state index in [2.05, 4.69) is 9.97 Å². The molecule has 1 saturated heterocycles.